The Bertz CT molecular complexity index is 939. The number of carbonyl (C=O) groups is 1. The zero-order valence-electron chi connectivity index (χ0n) is 12.0. The third-order valence-corrected chi connectivity index (χ3v) is 5.17. The van der Waals surface area contributed by atoms with E-state index in [0.717, 1.165) is 0 Å². The fraction of sp³-hybridized carbons (Fsp3) is 0.125. The maximum Gasteiger partial charge on any atom is 0.425 e. The van der Waals surface area contributed by atoms with Gasteiger partial charge in [-0.25, -0.2) is 14.3 Å². The number of fused-ring (bicyclic) bond motifs is 3. The number of aromatic nitrogens is 2. The summed E-state index contributed by atoms with van der Waals surface area (Å²) in [4.78, 5) is 14.1. The molecule has 1 aliphatic rings. The highest BCUT2D eigenvalue weighted by molar-refractivity contribution is 8.00. The number of nitrogens with zero attached hydrogens (tertiary/aromatic N) is 2. The van der Waals surface area contributed by atoms with E-state index in [1.54, 1.807) is 30.3 Å². The van der Waals surface area contributed by atoms with Gasteiger partial charge in [0.25, 0.3) is 0 Å². The van der Waals surface area contributed by atoms with Gasteiger partial charge in [0.05, 0.1) is 11.0 Å². The number of amides is 1. The lowest BCUT2D eigenvalue weighted by molar-refractivity contribution is -0.167. The van der Waals surface area contributed by atoms with Gasteiger partial charge in [0.2, 0.25) is 4.87 Å². The Hall–Kier alpha value is -2.48. The van der Waals surface area contributed by atoms with Crippen LogP contribution in [-0.4, -0.2) is 21.8 Å². The molecule has 2 heterocycles. The van der Waals surface area contributed by atoms with Gasteiger partial charge in [-0.1, -0.05) is 42.5 Å². The van der Waals surface area contributed by atoms with Crippen molar-refractivity contribution in [3.8, 4) is 0 Å². The minimum Gasteiger partial charge on any atom is -0.311 e. The van der Waals surface area contributed by atoms with E-state index in [4.69, 9.17) is 0 Å². The fourth-order valence-electron chi connectivity index (χ4n) is 2.73. The molecule has 0 fully saturated rings. The van der Waals surface area contributed by atoms with Crippen LogP contribution in [0.2, 0.25) is 0 Å². The average molecular weight is 349 g/mol. The molecule has 1 N–H and O–H groups in total. The first-order chi connectivity index (χ1) is 11.4. The van der Waals surface area contributed by atoms with Crippen LogP contribution in [0, 0.1) is 0 Å². The molecule has 0 bridgehead atoms. The van der Waals surface area contributed by atoms with Gasteiger partial charge in [-0.05, 0) is 29.5 Å². The molecule has 24 heavy (non-hydrogen) atoms. The van der Waals surface area contributed by atoms with Crippen molar-refractivity contribution in [3.05, 3.63) is 60.2 Å². The molecular formula is C16H10F3N3OS. The predicted octanol–water partition coefficient (Wildman–Crippen LogP) is 4.12. The van der Waals surface area contributed by atoms with Crippen molar-refractivity contribution in [1.29, 1.82) is 0 Å². The zero-order valence-corrected chi connectivity index (χ0v) is 12.9. The average Bonchev–Trinajstić information content (AvgIpc) is 2.93. The summed E-state index contributed by atoms with van der Waals surface area (Å²) in [7, 11) is 0. The van der Waals surface area contributed by atoms with Crippen LogP contribution in [0.5, 0.6) is 0 Å². The van der Waals surface area contributed by atoms with Gasteiger partial charge in [-0.2, -0.15) is 13.2 Å². The Kier molecular flexibility index (Phi) is 3.14. The van der Waals surface area contributed by atoms with Gasteiger partial charge in [0.1, 0.15) is 0 Å². The summed E-state index contributed by atoms with van der Waals surface area (Å²) < 4.78 is 43.0. The number of imidazole rings is 1. The predicted molar refractivity (Wildman–Crippen MR) is 83.7 cm³/mol. The number of alkyl halides is 3. The van der Waals surface area contributed by atoms with Gasteiger partial charge in [0.15, 0.2) is 5.16 Å². The maximum atomic E-state index is 13.9. The number of thioether (sulfide) groups is 1. The van der Waals surface area contributed by atoms with Crippen molar-refractivity contribution >= 4 is 28.8 Å². The van der Waals surface area contributed by atoms with E-state index in [0.29, 0.717) is 22.8 Å². The Labute approximate surface area is 138 Å². The van der Waals surface area contributed by atoms with Crippen molar-refractivity contribution in [2.45, 2.75) is 16.2 Å². The van der Waals surface area contributed by atoms with E-state index in [2.05, 4.69) is 10.3 Å². The van der Waals surface area contributed by atoms with E-state index in [9.17, 15) is 18.0 Å². The van der Waals surface area contributed by atoms with Gasteiger partial charge >= 0.3 is 12.2 Å². The molecule has 1 aromatic heterocycles. The summed E-state index contributed by atoms with van der Waals surface area (Å²) in [6.07, 6.45) is -4.70. The molecule has 4 rings (SSSR count). The number of benzene rings is 2. The number of hydrogen-bond acceptors (Lipinski definition) is 3. The van der Waals surface area contributed by atoms with Gasteiger partial charge < -0.3 is 5.32 Å². The molecule has 0 saturated heterocycles. The van der Waals surface area contributed by atoms with Crippen LogP contribution in [0.1, 0.15) is 5.56 Å². The Balaban J connectivity index is 1.95. The first-order valence-corrected chi connectivity index (χ1v) is 7.85. The van der Waals surface area contributed by atoms with Crippen LogP contribution in [-0.2, 0) is 4.87 Å². The van der Waals surface area contributed by atoms with Crippen molar-refractivity contribution in [2.75, 3.05) is 0 Å². The molecule has 0 radical (unpaired) electrons. The highest BCUT2D eigenvalue weighted by atomic mass is 32.2. The van der Waals surface area contributed by atoms with Crippen LogP contribution < -0.4 is 5.32 Å². The highest BCUT2D eigenvalue weighted by Crippen LogP contribution is 2.52. The lowest BCUT2D eigenvalue weighted by atomic mass is 10.1. The van der Waals surface area contributed by atoms with Crippen LogP contribution >= 0.6 is 11.8 Å². The van der Waals surface area contributed by atoms with Crippen LogP contribution in [0.3, 0.4) is 0 Å². The Morgan fingerprint density at radius 2 is 1.71 bits per heavy atom. The van der Waals surface area contributed by atoms with Crippen molar-refractivity contribution in [2.24, 2.45) is 0 Å². The van der Waals surface area contributed by atoms with E-state index in [1.807, 2.05) is 0 Å². The lowest BCUT2D eigenvalue weighted by Crippen LogP contribution is -2.57. The Morgan fingerprint density at radius 3 is 2.42 bits per heavy atom. The molecule has 8 heteroatoms. The number of carbonyl (C=O) groups excluding carboxylic acids is 1. The molecule has 1 amide bonds. The van der Waals surface area contributed by atoms with Crippen molar-refractivity contribution < 1.29 is 18.0 Å². The van der Waals surface area contributed by atoms with E-state index in [-0.39, 0.29) is 10.7 Å². The topological polar surface area (TPSA) is 46.9 Å². The largest absolute Gasteiger partial charge is 0.425 e. The summed E-state index contributed by atoms with van der Waals surface area (Å²) >= 11 is 0.489. The van der Waals surface area contributed by atoms with E-state index >= 15 is 0 Å². The normalized spacial score (nSPS) is 20.7. The van der Waals surface area contributed by atoms with E-state index in [1.165, 1.54) is 28.8 Å². The van der Waals surface area contributed by atoms with Gasteiger partial charge in [-0.15, -0.1) is 0 Å². The molecule has 1 aliphatic heterocycles. The van der Waals surface area contributed by atoms with Gasteiger partial charge in [0, 0.05) is 0 Å². The summed E-state index contributed by atoms with van der Waals surface area (Å²) in [5.74, 6) is 0. The second-order valence-electron chi connectivity index (χ2n) is 5.30. The van der Waals surface area contributed by atoms with Crippen LogP contribution in [0.15, 0.2) is 59.8 Å². The van der Waals surface area contributed by atoms with E-state index < -0.39 is 17.1 Å². The maximum absolute atomic E-state index is 13.9. The summed E-state index contributed by atoms with van der Waals surface area (Å²) in [6.45, 7) is 0. The lowest BCUT2D eigenvalue weighted by Gasteiger charge is -2.38. The number of para-hydroxylation sites is 2. The number of halogens is 3. The highest BCUT2D eigenvalue weighted by Gasteiger charge is 2.61. The SMILES string of the molecule is O=C1N[C@](c2ccccc2)(C(F)(F)F)Sc2nc3ccccc3n21. The Morgan fingerprint density at radius 1 is 1.04 bits per heavy atom. The molecule has 3 aromatic rings. The first kappa shape index (κ1) is 15.1. The molecular weight excluding hydrogens is 339 g/mol. The number of rotatable bonds is 1. The van der Waals surface area contributed by atoms with Crippen molar-refractivity contribution in [3.63, 3.8) is 0 Å². The van der Waals surface area contributed by atoms with Crippen LogP contribution in [0.4, 0.5) is 18.0 Å². The molecule has 122 valence electrons. The van der Waals surface area contributed by atoms with Crippen molar-refractivity contribution in [1.82, 2.24) is 14.9 Å². The standard InChI is InChI=1S/C16H10F3N3OS/c17-16(18,19)15(10-6-2-1-3-7-10)21-13(23)22-12-9-5-4-8-11(12)20-14(22)24-15/h1-9H,(H,21,23)/t15-/m0/s1. The third kappa shape index (κ3) is 2.02. The molecule has 2 aromatic carbocycles. The second-order valence-corrected chi connectivity index (χ2v) is 6.48. The minimum absolute atomic E-state index is 0.0149. The molecule has 0 saturated carbocycles. The molecule has 0 spiro atoms. The van der Waals surface area contributed by atoms with Gasteiger partial charge in [-0.3, -0.25) is 0 Å². The first-order valence-electron chi connectivity index (χ1n) is 7.04. The number of hydrogen-bond donors (Lipinski definition) is 1. The molecule has 0 aliphatic carbocycles. The summed E-state index contributed by atoms with van der Waals surface area (Å²) in [5, 5.41) is 2.16. The number of nitrogens with one attached hydrogen (secondary N) is 1. The molecule has 0 unspecified atom stereocenters. The molecule has 1 atom stereocenters. The summed E-state index contributed by atoms with van der Waals surface area (Å²) in [6, 6.07) is 13.2. The zero-order chi connectivity index (χ0) is 16.9. The second kappa shape index (κ2) is 5.01. The monoisotopic (exact) mass is 349 g/mol. The summed E-state index contributed by atoms with van der Waals surface area (Å²) in [5.41, 5.74) is 0.900. The van der Waals surface area contributed by atoms with Crippen LogP contribution in [0.25, 0.3) is 11.0 Å². The molecule has 4 nitrogen and oxygen atoms in total. The third-order valence-electron chi connectivity index (χ3n) is 3.84. The quantitative estimate of drug-likeness (QED) is 0.719. The minimum atomic E-state index is -4.70. The fourth-order valence-corrected chi connectivity index (χ4v) is 3.93. The smallest absolute Gasteiger partial charge is 0.311 e.